The van der Waals surface area contributed by atoms with Crippen LogP contribution in [0.2, 0.25) is 0 Å². The van der Waals surface area contributed by atoms with Crippen molar-refractivity contribution in [2.75, 3.05) is 13.2 Å². The third-order valence-corrected chi connectivity index (χ3v) is 4.98. The lowest BCUT2D eigenvalue weighted by Crippen LogP contribution is -2.44. The van der Waals surface area contributed by atoms with Gasteiger partial charge in [-0.05, 0) is 43.7 Å². The van der Waals surface area contributed by atoms with Gasteiger partial charge in [0.25, 0.3) is 0 Å². The van der Waals surface area contributed by atoms with E-state index in [2.05, 4.69) is 0 Å². The van der Waals surface area contributed by atoms with Crippen molar-refractivity contribution >= 4 is 23.3 Å². The van der Waals surface area contributed by atoms with Crippen LogP contribution in [-0.2, 0) is 19.1 Å². The number of ether oxygens (including phenoxy) is 2. The molecule has 0 aliphatic heterocycles. The number of ketones is 1. The minimum absolute atomic E-state index is 0.0272. The summed E-state index contributed by atoms with van der Waals surface area (Å²) in [6.45, 7) is 3.82. The predicted octanol–water partition coefficient (Wildman–Crippen LogP) is 3.18. The van der Waals surface area contributed by atoms with E-state index in [9.17, 15) is 14.4 Å². The molecule has 1 aromatic rings. The standard InChI is InChI=1S/C20H22O5/c1-3-24-18(22)20(19(23)25-4-2)10-9-13-11-17(21)15-8-6-5-7-14(15)16(13)12-20/h5-8,12-13H,3-4,9-11H2,1-2H3/t13-/m0/s1. The summed E-state index contributed by atoms with van der Waals surface area (Å²) < 4.78 is 10.4. The van der Waals surface area contributed by atoms with Crippen molar-refractivity contribution in [2.24, 2.45) is 11.3 Å². The van der Waals surface area contributed by atoms with Gasteiger partial charge in [-0.2, -0.15) is 0 Å². The topological polar surface area (TPSA) is 69.7 Å². The van der Waals surface area contributed by atoms with Crippen LogP contribution >= 0.6 is 0 Å². The van der Waals surface area contributed by atoms with E-state index in [1.807, 2.05) is 18.2 Å². The van der Waals surface area contributed by atoms with E-state index in [-0.39, 0.29) is 24.9 Å². The Morgan fingerprint density at radius 2 is 1.68 bits per heavy atom. The summed E-state index contributed by atoms with van der Waals surface area (Å²) in [5.74, 6) is -1.01. The first-order chi connectivity index (χ1) is 12.0. The minimum Gasteiger partial charge on any atom is -0.465 e. The van der Waals surface area contributed by atoms with E-state index in [4.69, 9.17) is 9.47 Å². The van der Waals surface area contributed by atoms with Crippen molar-refractivity contribution in [3.05, 3.63) is 41.5 Å². The molecule has 1 aromatic carbocycles. The van der Waals surface area contributed by atoms with Gasteiger partial charge in [-0.25, -0.2) is 0 Å². The highest BCUT2D eigenvalue weighted by atomic mass is 16.6. The molecule has 0 saturated carbocycles. The predicted molar refractivity (Wildman–Crippen MR) is 91.8 cm³/mol. The maximum Gasteiger partial charge on any atom is 0.327 e. The monoisotopic (exact) mass is 342 g/mol. The number of hydrogen-bond donors (Lipinski definition) is 0. The Hall–Kier alpha value is -2.43. The molecule has 132 valence electrons. The molecule has 2 aliphatic rings. The Bertz CT molecular complexity index is 728. The molecule has 0 bridgehead atoms. The third-order valence-electron chi connectivity index (χ3n) is 4.98. The SMILES string of the molecule is CCOC(=O)C1(C(=O)OCC)C=C2c3ccccc3C(=O)C[C@@H]2CC1. The second-order valence-electron chi connectivity index (χ2n) is 6.42. The van der Waals surface area contributed by atoms with Crippen LogP contribution in [-0.4, -0.2) is 30.9 Å². The van der Waals surface area contributed by atoms with Crippen molar-refractivity contribution in [1.29, 1.82) is 0 Å². The number of benzene rings is 1. The number of carbonyl (C=O) groups excluding carboxylic acids is 3. The van der Waals surface area contributed by atoms with Gasteiger partial charge >= 0.3 is 11.9 Å². The molecule has 0 fully saturated rings. The van der Waals surface area contributed by atoms with Gasteiger partial charge in [0.05, 0.1) is 13.2 Å². The normalized spacial score (nSPS) is 20.8. The minimum atomic E-state index is -1.43. The van der Waals surface area contributed by atoms with Crippen LogP contribution in [0.3, 0.4) is 0 Å². The van der Waals surface area contributed by atoms with E-state index >= 15 is 0 Å². The molecule has 5 heteroatoms. The van der Waals surface area contributed by atoms with Crippen molar-refractivity contribution in [1.82, 2.24) is 0 Å². The van der Waals surface area contributed by atoms with Crippen molar-refractivity contribution < 1.29 is 23.9 Å². The van der Waals surface area contributed by atoms with E-state index in [1.54, 1.807) is 26.0 Å². The number of rotatable bonds is 4. The van der Waals surface area contributed by atoms with Crippen LogP contribution in [0, 0.1) is 11.3 Å². The number of Topliss-reactive ketones (excluding diaryl/α,β-unsaturated/α-hetero) is 1. The molecule has 0 aromatic heterocycles. The average molecular weight is 342 g/mol. The fourth-order valence-corrected chi connectivity index (χ4v) is 3.76. The first kappa shape index (κ1) is 17.4. The second kappa shape index (κ2) is 6.82. The molecular weight excluding hydrogens is 320 g/mol. The first-order valence-electron chi connectivity index (χ1n) is 8.73. The maximum atomic E-state index is 12.7. The highest BCUT2D eigenvalue weighted by Crippen LogP contribution is 2.47. The Morgan fingerprint density at radius 1 is 1.08 bits per heavy atom. The molecule has 2 aliphatic carbocycles. The van der Waals surface area contributed by atoms with Crippen molar-refractivity contribution in [3.8, 4) is 0 Å². The summed E-state index contributed by atoms with van der Waals surface area (Å²) in [5, 5.41) is 0. The highest BCUT2D eigenvalue weighted by Gasteiger charge is 2.51. The van der Waals surface area contributed by atoms with E-state index in [0.29, 0.717) is 24.8 Å². The van der Waals surface area contributed by atoms with Crippen LogP contribution in [0.25, 0.3) is 5.57 Å². The van der Waals surface area contributed by atoms with Crippen LogP contribution in [0.4, 0.5) is 0 Å². The fourth-order valence-electron chi connectivity index (χ4n) is 3.76. The van der Waals surface area contributed by atoms with Crippen LogP contribution in [0.5, 0.6) is 0 Å². The van der Waals surface area contributed by atoms with Crippen LogP contribution in [0.15, 0.2) is 30.3 Å². The Morgan fingerprint density at radius 3 is 2.28 bits per heavy atom. The number of fused-ring (bicyclic) bond motifs is 3. The Kier molecular flexibility index (Phi) is 4.75. The maximum absolute atomic E-state index is 12.7. The molecule has 0 spiro atoms. The van der Waals surface area contributed by atoms with Crippen LogP contribution < -0.4 is 0 Å². The largest absolute Gasteiger partial charge is 0.465 e. The van der Waals surface area contributed by atoms with Gasteiger partial charge in [0.15, 0.2) is 11.2 Å². The lowest BCUT2D eigenvalue weighted by Gasteiger charge is -2.37. The molecule has 1 atom stereocenters. The summed E-state index contributed by atoms with van der Waals surface area (Å²) in [6, 6.07) is 7.35. The van der Waals surface area contributed by atoms with E-state index in [1.165, 1.54) is 0 Å². The Labute approximate surface area is 147 Å². The lowest BCUT2D eigenvalue weighted by atomic mass is 9.66. The van der Waals surface area contributed by atoms with E-state index < -0.39 is 17.4 Å². The van der Waals surface area contributed by atoms with Gasteiger partial charge in [-0.15, -0.1) is 0 Å². The molecule has 3 rings (SSSR count). The summed E-state index contributed by atoms with van der Waals surface area (Å²) in [4.78, 5) is 37.7. The van der Waals surface area contributed by atoms with Gasteiger partial charge in [-0.3, -0.25) is 14.4 Å². The zero-order chi connectivity index (χ0) is 18.0. The molecule has 5 nitrogen and oxygen atoms in total. The zero-order valence-electron chi connectivity index (χ0n) is 14.5. The quantitative estimate of drug-likeness (QED) is 0.621. The zero-order valence-corrected chi connectivity index (χ0v) is 14.5. The molecule has 25 heavy (non-hydrogen) atoms. The summed E-state index contributed by atoms with van der Waals surface area (Å²) in [5.41, 5.74) is 0.906. The van der Waals surface area contributed by atoms with Crippen molar-refractivity contribution in [3.63, 3.8) is 0 Å². The highest BCUT2D eigenvalue weighted by molar-refractivity contribution is 6.08. The Balaban J connectivity index is 2.13. The van der Waals surface area contributed by atoms with Crippen molar-refractivity contribution in [2.45, 2.75) is 33.1 Å². The summed E-state index contributed by atoms with van der Waals surface area (Å²) in [6.07, 6.45) is 2.98. The molecule has 0 unspecified atom stereocenters. The van der Waals surface area contributed by atoms with Gasteiger partial charge in [-0.1, -0.05) is 30.3 Å². The molecule has 0 N–H and O–H groups in total. The molecule has 0 saturated heterocycles. The van der Waals surface area contributed by atoms with E-state index in [0.717, 1.165) is 11.1 Å². The molecular formula is C20H22O5. The number of carbonyl (C=O) groups is 3. The van der Waals surface area contributed by atoms with Gasteiger partial charge in [0.1, 0.15) is 0 Å². The third kappa shape index (κ3) is 2.88. The molecule has 0 amide bonds. The summed E-state index contributed by atoms with van der Waals surface area (Å²) >= 11 is 0. The number of hydrogen-bond acceptors (Lipinski definition) is 5. The summed E-state index contributed by atoms with van der Waals surface area (Å²) in [7, 11) is 0. The lowest BCUT2D eigenvalue weighted by molar-refractivity contribution is -0.168. The van der Waals surface area contributed by atoms with Gasteiger partial charge in [0.2, 0.25) is 0 Å². The van der Waals surface area contributed by atoms with Gasteiger partial charge in [0, 0.05) is 12.0 Å². The molecule has 0 heterocycles. The fraction of sp³-hybridized carbons (Fsp3) is 0.450. The molecule has 0 radical (unpaired) electrons. The number of esters is 2. The second-order valence-corrected chi connectivity index (χ2v) is 6.42. The first-order valence-corrected chi connectivity index (χ1v) is 8.73. The van der Waals surface area contributed by atoms with Crippen LogP contribution in [0.1, 0.15) is 49.0 Å². The number of allylic oxidation sites excluding steroid dienone is 1. The van der Waals surface area contributed by atoms with Gasteiger partial charge < -0.3 is 9.47 Å². The smallest absolute Gasteiger partial charge is 0.327 e. The average Bonchev–Trinajstić information content (AvgIpc) is 2.62.